The maximum Gasteiger partial charge on any atom is 0.257 e. The first-order valence-corrected chi connectivity index (χ1v) is 11.0. The van der Waals surface area contributed by atoms with E-state index in [0.717, 1.165) is 23.4 Å². The van der Waals surface area contributed by atoms with Gasteiger partial charge in [-0.1, -0.05) is 18.5 Å². The number of thiazole rings is 1. The molecule has 0 bridgehead atoms. The first-order chi connectivity index (χ1) is 15.4. The highest BCUT2D eigenvalue weighted by atomic mass is 35.5. The largest absolute Gasteiger partial charge is 0.494 e. The van der Waals surface area contributed by atoms with Crippen LogP contribution in [0.2, 0.25) is 5.02 Å². The van der Waals surface area contributed by atoms with Crippen molar-refractivity contribution in [2.75, 3.05) is 25.6 Å². The molecule has 168 valence electrons. The lowest BCUT2D eigenvalue weighted by Crippen LogP contribution is -2.20. The molecule has 0 spiro atoms. The van der Waals surface area contributed by atoms with Gasteiger partial charge in [0.1, 0.15) is 5.75 Å². The van der Waals surface area contributed by atoms with Crippen LogP contribution < -0.4 is 25.3 Å². The van der Waals surface area contributed by atoms with Gasteiger partial charge in [-0.2, -0.15) is 0 Å². The Morgan fingerprint density at radius 1 is 1.19 bits per heavy atom. The first-order valence-electron chi connectivity index (χ1n) is 9.70. The van der Waals surface area contributed by atoms with Crippen LogP contribution >= 0.6 is 22.9 Å². The number of benzene rings is 2. The summed E-state index contributed by atoms with van der Waals surface area (Å²) >= 11 is 7.51. The van der Waals surface area contributed by atoms with Crippen molar-refractivity contribution in [1.29, 1.82) is 0 Å². The van der Waals surface area contributed by atoms with Gasteiger partial charge in [-0.15, -0.1) is 11.3 Å². The number of aromatic nitrogens is 1. The molecule has 0 saturated carbocycles. The number of primary amides is 1. The van der Waals surface area contributed by atoms with Crippen molar-refractivity contribution in [3.63, 3.8) is 0 Å². The Bertz CT molecular complexity index is 1100. The van der Waals surface area contributed by atoms with Crippen LogP contribution in [0.5, 0.6) is 17.2 Å². The van der Waals surface area contributed by atoms with Gasteiger partial charge in [-0.05, 0) is 42.8 Å². The van der Waals surface area contributed by atoms with Crippen molar-refractivity contribution in [3.05, 3.63) is 52.4 Å². The predicted octanol–water partition coefficient (Wildman–Crippen LogP) is 4.38. The Morgan fingerprint density at radius 3 is 2.59 bits per heavy atom. The minimum Gasteiger partial charge on any atom is -0.494 e. The van der Waals surface area contributed by atoms with Crippen LogP contribution in [0.3, 0.4) is 0 Å². The van der Waals surface area contributed by atoms with Crippen LogP contribution in [0.15, 0.2) is 41.8 Å². The molecule has 0 unspecified atom stereocenters. The van der Waals surface area contributed by atoms with Crippen LogP contribution in [0, 0.1) is 0 Å². The van der Waals surface area contributed by atoms with Gasteiger partial charge in [-0.3, -0.25) is 14.9 Å². The summed E-state index contributed by atoms with van der Waals surface area (Å²) in [5.74, 6) is 0.0541. The number of nitrogens with one attached hydrogen (secondary N) is 1. The minimum atomic E-state index is -0.660. The van der Waals surface area contributed by atoms with E-state index in [4.69, 9.17) is 31.5 Å². The van der Waals surface area contributed by atoms with Crippen molar-refractivity contribution < 1.29 is 23.8 Å². The number of methoxy groups -OCH3 is 1. The number of nitrogens with two attached hydrogens (primary N) is 1. The second kappa shape index (κ2) is 10.8. The molecular weight excluding hydrogens is 454 g/mol. The van der Waals surface area contributed by atoms with Crippen molar-refractivity contribution >= 4 is 39.9 Å². The molecule has 3 rings (SSSR count). The number of carbonyl (C=O) groups is 2. The number of nitrogens with zero attached hydrogens (tertiary/aromatic N) is 1. The summed E-state index contributed by atoms with van der Waals surface area (Å²) in [6.45, 7) is 2.35. The zero-order chi connectivity index (χ0) is 23.1. The summed E-state index contributed by atoms with van der Waals surface area (Å²) in [4.78, 5) is 28.1. The normalized spacial score (nSPS) is 10.5. The molecule has 1 heterocycles. The van der Waals surface area contributed by atoms with Crippen LogP contribution in [0.4, 0.5) is 5.13 Å². The molecule has 2 aromatic carbocycles. The zero-order valence-corrected chi connectivity index (χ0v) is 19.1. The number of rotatable bonds is 10. The maximum atomic E-state index is 12.7. The van der Waals surface area contributed by atoms with Gasteiger partial charge in [0.05, 0.1) is 24.4 Å². The zero-order valence-electron chi connectivity index (χ0n) is 17.5. The third-order valence-corrected chi connectivity index (χ3v) is 5.24. The fraction of sp³-hybridized carbons (Fsp3) is 0.227. The number of hydrogen-bond acceptors (Lipinski definition) is 7. The lowest BCUT2D eigenvalue weighted by atomic mass is 10.2. The predicted molar refractivity (Wildman–Crippen MR) is 124 cm³/mol. The van der Waals surface area contributed by atoms with E-state index in [1.807, 2.05) is 29.6 Å². The molecule has 0 saturated heterocycles. The van der Waals surface area contributed by atoms with Gasteiger partial charge in [0.15, 0.2) is 23.2 Å². The standard InChI is InChI=1S/C22H22ClN3O5S/c1-3-8-30-15-6-4-13(5-7-15)17-12-32-22(25-17)26-21(28)14-9-16(23)20(18(10-14)29-2)31-11-19(24)27/h4-7,9-10,12H,3,8,11H2,1-2H3,(H2,24,27)(H,25,26,28). The highest BCUT2D eigenvalue weighted by Gasteiger charge is 2.18. The van der Waals surface area contributed by atoms with Gasteiger partial charge in [0, 0.05) is 16.5 Å². The Balaban J connectivity index is 1.72. The number of carbonyl (C=O) groups excluding carboxylic acids is 2. The lowest BCUT2D eigenvalue weighted by molar-refractivity contribution is -0.119. The van der Waals surface area contributed by atoms with E-state index < -0.39 is 11.8 Å². The molecule has 2 amide bonds. The van der Waals surface area contributed by atoms with E-state index in [0.29, 0.717) is 11.7 Å². The van der Waals surface area contributed by atoms with Gasteiger partial charge < -0.3 is 19.9 Å². The highest BCUT2D eigenvalue weighted by Crippen LogP contribution is 2.37. The number of anilines is 1. The molecule has 10 heteroatoms. The monoisotopic (exact) mass is 475 g/mol. The molecule has 0 atom stereocenters. The second-order valence-electron chi connectivity index (χ2n) is 6.61. The van der Waals surface area contributed by atoms with Gasteiger partial charge in [-0.25, -0.2) is 4.98 Å². The number of hydrogen-bond donors (Lipinski definition) is 2. The highest BCUT2D eigenvalue weighted by molar-refractivity contribution is 7.14. The van der Waals surface area contributed by atoms with Gasteiger partial charge in [0.2, 0.25) is 0 Å². The van der Waals surface area contributed by atoms with E-state index in [9.17, 15) is 9.59 Å². The summed E-state index contributed by atoms with van der Waals surface area (Å²) in [5, 5.41) is 5.15. The molecule has 3 N–H and O–H groups in total. The number of halogens is 1. The Kier molecular flexibility index (Phi) is 7.91. The summed E-state index contributed by atoms with van der Waals surface area (Å²) in [6, 6.07) is 10.5. The second-order valence-corrected chi connectivity index (χ2v) is 7.87. The van der Waals surface area contributed by atoms with E-state index in [-0.39, 0.29) is 28.7 Å². The summed E-state index contributed by atoms with van der Waals surface area (Å²) < 4.78 is 16.1. The Hall–Kier alpha value is -3.30. The smallest absolute Gasteiger partial charge is 0.257 e. The molecule has 0 radical (unpaired) electrons. The topological polar surface area (TPSA) is 113 Å². The van der Waals surface area contributed by atoms with Crippen LogP contribution in [-0.2, 0) is 4.79 Å². The van der Waals surface area contributed by atoms with Crippen LogP contribution in [0.1, 0.15) is 23.7 Å². The molecule has 0 aliphatic carbocycles. The van der Waals surface area contributed by atoms with E-state index in [2.05, 4.69) is 17.2 Å². The van der Waals surface area contributed by atoms with Crippen molar-refractivity contribution in [3.8, 4) is 28.5 Å². The average Bonchev–Trinajstić information content (AvgIpc) is 3.24. The SMILES string of the molecule is CCCOc1ccc(-c2csc(NC(=O)c3cc(Cl)c(OCC(N)=O)c(OC)c3)n2)cc1. The quantitative estimate of drug-likeness (QED) is 0.450. The summed E-state index contributed by atoms with van der Waals surface area (Å²) in [6.07, 6.45) is 0.942. The fourth-order valence-corrected chi connectivity index (χ4v) is 3.69. The van der Waals surface area contributed by atoms with Crippen molar-refractivity contribution in [2.24, 2.45) is 5.73 Å². The van der Waals surface area contributed by atoms with Crippen LogP contribution in [-0.4, -0.2) is 37.1 Å². The molecule has 0 aliphatic rings. The van der Waals surface area contributed by atoms with E-state index in [1.165, 1.54) is 30.6 Å². The molecular formula is C22H22ClN3O5S. The minimum absolute atomic E-state index is 0.112. The molecule has 0 fully saturated rings. The van der Waals surface area contributed by atoms with Crippen molar-refractivity contribution in [2.45, 2.75) is 13.3 Å². The van der Waals surface area contributed by atoms with Gasteiger partial charge >= 0.3 is 0 Å². The Labute approximate surface area is 194 Å². The van der Waals surface area contributed by atoms with Crippen LogP contribution in [0.25, 0.3) is 11.3 Å². The number of amides is 2. The third-order valence-electron chi connectivity index (χ3n) is 4.20. The van der Waals surface area contributed by atoms with Gasteiger partial charge in [0.25, 0.3) is 11.8 Å². The molecule has 8 nitrogen and oxygen atoms in total. The van der Waals surface area contributed by atoms with E-state index in [1.54, 1.807) is 0 Å². The first kappa shape index (κ1) is 23.4. The maximum absolute atomic E-state index is 12.7. The Morgan fingerprint density at radius 2 is 1.94 bits per heavy atom. The molecule has 1 aromatic heterocycles. The summed E-state index contributed by atoms with van der Waals surface area (Å²) in [7, 11) is 1.40. The number of ether oxygens (including phenoxy) is 3. The molecule has 32 heavy (non-hydrogen) atoms. The van der Waals surface area contributed by atoms with E-state index >= 15 is 0 Å². The average molecular weight is 476 g/mol. The lowest BCUT2D eigenvalue weighted by Gasteiger charge is -2.13. The third kappa shape index (κ3) is 5.89. The molecule has 3 aromatic rings. The molecule has 0 aliphatic heterocycles. The van der Waals surface area contributed by atoms with Crippen molar-refractivity contribution in [1.82, 2.24) is 4.98 Å². The fourth-order valence-electron chi connectivity index (χ4n) is 2.71. The summed E-state index contributed by atoms with van der Waals surface area (Å²) in [5.41, 5.74) is 6.98.